The van der Waals surface area contributed by atoms with E-state index in [1.54, 1.807) is 12.6 Å². The van der Waals surface area contributed by atoms with Gasteiger partial charge < -0.3 is 10.2 Å². The predicted octanol–water partition coefficient (Wildman–Crippen LogP) is 0.935. The highest BCUT2D eigenvalue weighted by Gasteiger charge is 2.05. The second-order valence-corrected chi connectivity index (χ2v) is 2.93. The van der Waals surface area contributed by atoms with E-state index in [0.29, 0.717) is 5.82 Å². The Bertz CT molecular complexity index is 310. The number of amides is 1. The molecule has 0 unspecified atom stereocenters. The molecule has 0 aromatic carbocycles. The molecule has 1 rings (SSSR count). The van der Waals surface area contributed by atoms with Crippen molar-refractivity contribution in [2.45, 2.75) is 6.92 Å². The number of hydrogen-bond acceptors (Lipinski definition) is 3. The first-order chi connectivity index (χ1) is 6.16. The zero-order valence-corrected chi connectivity index (χ0v) is 7.96. The number of aromatic nitrogens is 1. The number of nitrogens with zero attached hydrogens (tertiary/aromatic N) is 2. The van der Waals surface area contributed by atoms with E-state index < -0.39 is 0 Å². The van der Waals surface area contributed by atoms with E-state index >= 15 is 0 Å². The summed E-state index contributed by atoms with van der Waals surface area (Å²) in [5, 5.41) is 2.43. The molecule has 0 aliphatic carbocycles. The second-order valence-electron chi connectivity index (χ2n) is 2.93. The third-order valence-corrected chi connectivity index (χ3v) is 1.83. The largest absolute Gasteiger partial charge is 0.377 e. The van der Waals surface area contributed by atoms with E-state index in [1.165, 1.54) is 0 Å². The maximum atomic E-state index is 10.1. The van der Waals surface area contributed by atoms with Gasteiger partial charge in [-0.25, -0.2) is 4.98 Å². The Morgan fingerprint density at radius 1 is 1.54 bits per heavy atom. The van der Waals surface area contributed by atoms with Crippen LogP contribution < -0.4 is 10.2 Å². The molecular formula is C9H12N3O. The van der Waals surface area contributed by atoms with Crippen molar-refractivity contribution in [2.75, 3.05) is 24.3 Å². The van der Waals surface area contributed by atoms with Crippen LogP contribution in [0.25, 0.3) is 0 Å². The van der Waals surface area contributed by atoms with Crippen LogP contribution in [0.5, 0.6) is 0 Å². The normalized spacial score (nSPS) is 9.46. The third-order valence-electron chi connectivity index (χ3n) is 1.83. The number of nitrogens with one attached hydrogen (secondary N) is 1. The summed E-state index contributed by atoms with van der Waals surface area (Å²) < 4.78 is 0. The summed E-state index contributed by atoms with van der Waals surface area (Å²) >= 11 is 0. The van der Waals surface area contributed by atoms with Crippen LogP contribution in [0, 0.1) is 6.92 Å². The first-order valence-electron chi connectivity index (χ1n) is 3.93. The van der Waals surface area contributed by atoms with Gasteiger partial charge in [0.15, 0.2) is 0 Å². The third kappa shape index (κ3) is 1.96. The highest BCUT2D eigenvalue weighted by Crippen LogP contribution is 2.22. The van der Waals surface area contributed by atoms with Crippen molar-refractivity contribution < 1.29 is 4.79 Å². The van der Waals surface area contributed by atoms with Crippen LogP contribution in [-0.4, -0.2) is 25.5 Å². The van der Waals surface area contributed by atoms with Gasteiger partial charge in [-0.3, -0.25) is 4.79 Å². The van der Waals surface area contributed by atoms with Crippen LogP contribution in [0.4, 0.5) is 11.5 Å². The number of rotatable bonds is 3. The zero-order valence-electron chi connectivity index (χ0n) is 7.96. The van der Waals surface area contributed by atoms with Crippen LogP contribution >= 0.6 is 0 Å². The van der Waals surface area contributed by atoms with Crippen molar-refractivity contribution in [1.82, 2.24) is 4.98 Å². The fraction of sp³-hybridized carbons (Fsp3) is 0.333. The molecule has 0 saturated carbocycles. The fourth-order valence-electron chi connectivity index (χ4n) is 1.18. The van der Waals surface area contributed by atoms with Crippen molar-refractivity contribution in [3.63, 3.8) is 0 Å². The van der Waals surface area contributed by atoms with Crippen LogP contribution in [0.2, 0.25) is 0 Å². The highest BCUT2D eigenvalue weighted by atomic mass is 16.1. The maximum absolute atomic E-state index is 10.1. The average molecular weight is 178 g/mol. The highest BCUT2D eigenvalue weighted by molar-refractivity contribution is 5.74. The van der Waals surface area contributed by atoms with Gasteiger partial charge in [-0.15, -0.1) is 0 Å². The molecule has 1 amide bonds. The molecule has 4 nitrogen and oxygen atoms in total. The molecular weight excluding hydrogens is 166 g/mol. The molecule has 0 fully saturated rings. The first kappa shape index (κ1) is 9.51. The van der Waals surface area contributed by atoms with E-state index in [9.17, 15) is 4.79 Å². The van der Waals surface area contributed by atoms with Gasteiger partial charge in [0.05, 0.1) is 0 Å². The van der Waals surface area contributed by atoms with E-state index in [0.717, 1.165) is 11.3 Å². The summed E-state index contributed by atoms with van der Waals surface area (Å²) in [6.07, 6.45) is 3.26. The molecule has 4 heteroatoms. The molecule has 1 N–H and O–H groups in total. The van der Waals surface area contributed by atoms with Gasteiger partial charge in [0, 0.05) is 31.5 Å². The lowest BCUT2D eigenvalue weighted by Crippen LogP contribution is -2.12. The smallest absolute Gasteiger partial charge is 0.315 e. The van der Waals surface area contributed by atoms with Crippen molar-refractivity contribution in [1.29, 1.82) is 0 Å². The molecule has 69 valence electrons. The van der Waals surface area contributed by atoms with Crippen molar-refractivity contribution in [3.8, 4) is 0 Å². The Morgan fingerprint density at radius 2 is 2.23 bits per heavy atom. The summed E-state index contributed by atoms with van der Waals surface area (Å²) in [5.74, 6) is 0.557. The number of hydrogen-bond donors (Lipinski definition) is 1. The minimum Gasteiger partial charge on any atom is -0.377 e. The molecule has 0 bridgehead atoms. The summed E-state index contributed by atoms with van der Waals surface area (Å²) in [6, 6.07) is 1.89. The molecule has 13 heavy (non-hydrogen) atoms. The minimum atomic E-state index is 0.557. The van der Waals surface area contributed by atoms with E-state index in [4.69, 9.17) is 0 Å². The van der Waals surface area contributed by atoms with Crippen LogP contribution in [0.1, 0.15) is 5.56 Å². The second kappa shape index (κ2) is 3.89. The van der Waals surface area contributed by atoms with E-state index in [1.807, 2.05) is 32.0 Å². The van der Waals surface area contributed by atoms with Gasteiger partial charge in [0.2, 0.25) is 0 Å². The van der Waals surface area contributed by atoms with Gasteiger partial charge in [-0.1, -0.05) is 0 Å². The Morgan fingerprint density at radius 3 is 2.77 bits per heavy atom. The molecule has 0 aliphatic heterocycles. The van der Waals surface area contributed by atoms with Gasteiger partial charge in [0.25, 0.3) is 0 Å². The molecule has 1 aromatic heterocycles. The van der Waals surface area contributed by atoms with Crippen molar-refractivity contribution >= 4 is 17.9 Å². The van der Waals surface area contributed by atoms with Gasteiger partial charge in [0.1, 0.15) is 5.82 Å². The zero-order chi connectivity index (χ0) is 9.84. The Hall–Kier alpha value is -1.58. The summed E-state index contributed by atoms with van der Waals surface area (Å²) in [7, 11) is 3.88. The topological polar surface area (TPSA) is 45.2 Å². The summed E-state index contributed by atoms with van der Waals surface area (Å²) in [5.41, 5.74) is 1.98. The molecule has 0 aliphatic rings. The standard InChI is InChI=1S/C9H12N3O/c1-7-8(12(2)3)4-5-10-9(7)11-6-13/h4-5H,1-3H3,(H,10,11,13). The van der Waals surface area contributed by atoms with Crippen LogP contribution in [0.3, 0.4) is 0 Å². The number of carbonyl (C=O) groups excluding carboxylic acids is 1. The van der Waals surface area contributed by atoms with Crippen molar-refractivity contribution in [2.24, 2.45) is 0 Å². The SMILES string of the molecule is Cc1c(N(C)C)ccnc1N[C]=O. The van der Waals surface area contributed by atoms with E-state index in [-0.39, 0.29) is 0 Å². The van der Waals surface area contributed by atoms with Crippen molar-refractivity contribution in [3.05, 3.63) is 17.8 Å². The van der Waals surface area contributed by atoms with Gasteiger partial charge in [-0.2, -0.15) is 0 Å². The molecule has 0 saturated heterocycles. The summed E-state index contributed by atoms with van der Waals surface area (Å²) in [4.78, 5) is 16.1. The fourth-order valence-corrected chi connectivity index (χ4v) is 1.18. The summed E-state index contributed by atoms with van der Waals surface area (Å²) in [6.45, 7) is 1.90. The van der Waals surface area contributed by atoms with Crippen LogP contribution in [0.15, 0.2) is 12.3 Å². The molecule has 0 spiro atoms. The Balaban J connectivity index is 3.10. The van der Waals surface area contributed by atoms with Gasteiger partial charge in [-0.05, 0) is 13.0 Å². The average Bonchev–Trinajstić information content (AvgIpc) is 2.08. The molecule has 1 aromatic rings. The molecule has 0 atom stereocenters. The predicted molar refractivity (Wildman–Crippen MR) is 52.6 cm³/mol. The maximum Gasteiger partial charge on any atom is 0.315 e. The molecule has 1 radical (unpaired) electrons. The monoisotopic (exact) mass is 178 g/mol. The lowest BCUT2D eigenvalue weighted by Gasteiger charge is -2.16. The number of anilines is 2. The lowest BCUT2D eigenvalue weighted by atomic mass is 10.2. The lowest BCUT2D eigenvalue weighted by molar-refractivity contribution is 0.560. The van der Waals surface area contributed by atoms with E-state index in [2.05, 4.69) is 10.3 Å². The minimum absolute atomic E-state index is 0.557. The molecule has 1 heterocycles. The quantitative estimate of drug-likeness (QED) is 0.700. The van der Waals surface area contributed by atoms with Crippen LogP contribution in [-0.2, 0) is 4.79 Å². The number of pyridine rings is 1. The Labute approximate surface area is 77.6 Å². The first-order valence-corrected chi connectivity index (χ1v) is 3.93. The van der Waals surface area contributed by atoms with Gasteiger partial charge >= 0.3 is 6.41 Å². The Kier molecular flexibility index (Phi) is 2.84.